The van der Waals surface area contributed by atoms with Gasteiger partial charge in [-0.3, -0.25) is 4.79 Å². The van der Waals surface area contributed by atoms with Crippen molar-refractivity contribution in [3.8, 4) is 0 Å². The highest BCUT2D eigenvalue weighted by molar-refractivity contribution is 5.99. The fourth-order valence-corrected chi connectivity index (χ4v) is 5.99. The molecule has 3 atom stereocenters. The first kappa shape index (κ1) is 20.5. The van der Waals surface area contributed by atoms with Gasteiger partial charge in [-0.2, -0.15) is 5.10 Å². The van der Waals surface area contributed by atoms with Crippen molar-refractivity contribution in [2.75, 3.05) is 18.4 Å². The molecule has 1 aromatic heterocycles. The van der Waals surface area contributed by atoms with Crippen molar-refractivity contribution >= 4 is 11.7 Å². The predicted octanol–water partition coefficient (Wildman–Crippen LogP) is 4.08. The summed E-state index contributed by atoms with van der Waals surface area (Å²) in [5.74, 6) is 1.40. The summed E-state index contributed by atoms with van der Waals surface area (Å²) in [5, 5.41) is 17.6. The summed E-state index contributed by atoms with van der Waals surface area (Å²) in [7, 11) is 0. The number of likely N-dealkylation sites (tertiary alicyclic amines) is 1. The van der Waals surface area contributed by atoms with E-state index in [0.29, 0.717) is 11.5 Å². The van der Waals surface area contributed by atoms with Crippen molar-refractivity contribution in [3.63, 3.8) is 0 Å². The number of nitrogens with one attached hydrogen (secondary N) is 1. The first-order valence-corrected chi connectivity index (χ1v) is 11.8. The minimum absolute atomic E-state index is 0.0570. The lowest BCUT2D eigenvalue weighted by atomic mass is 9.89. The quantitative estimate of drug-likeness (QED) is 0.639. The number of benzene rings is 2. The highest BCUT2D eigenvalue weighted by Crippen LogP contribution is 2.59. The van der Waals surface area contributed by atoms with E-state index in [0.717, 1.165) is 37.3 Å². The molecule has 3 aliphatic rings. The number of hydrogen-bond acceptors (Lipinski definition) is 4. The van der Waals surface area contributed by atoms with Crippen molar-refractivity contribution in [1.82, 2.24) is 14.7 Å². The number of fused-ring (bicyclic) bond motifs is 2. The number of aliphatic hydroxyl groups is 1. The molecule has 0 radical (unpaired) electrons. The molecular formula is C27H30N4O2. The lowest BCUT2D eigenvalue weighted by Crippen LogP contribution is -2.39. The lowest BCUT2D eigenvalue weighted by molar-refractivity contribution is 0.0772. The molecule has 33 heavy (non-hydrogen) atoms. The largest absolute Gasteiger partial charge is 0.392 e. The number of aliphatic hydroxyl groups excluding tert-OH is 1. The van der Waals surface area contributed by atoms with Gasteiger partial charge in [-0.15, -0.1) is 0 Å². The molecule has 3 aromatic rings. The molecule has 0 spiro atoms. The van der Waals surface area contributed by atoms with Crippen LogP contribution in [0.5, 0.6) is 0 Å². The van der Waals surface area contributed by atoms with Crippen LogP contribution in [0.25, 0.3) is 0 Å². The van der Waals surface area contributed by atoms with Crippen LogP contribution in [0, 0.1) is 5.92 Å². The van der Waals surface area contributed by atoms with E-state index in [9.17, 15) is 9.90 Å². The molecule has 2 N–H and O–H groups in total. The van der Waals surface area contributed by atoms with Gasteiger partial charge in [0.15, 0.2) is 0 Å². The first-order chi connectivity index (χ1) is 15.9. The fourth-order valence-electron chi connectivity index (χ4n) is 5.99. The Labute approximate surface area is 194 Å². The number of aromatic nitrogens is 2. The van der Waals surface area contributed by atoms with Crippen LogP contribution in [0.3, 0.4) is 0 Å². The van der Waals surface area contributed by atoms with E-state index in [1.165, 1.54) is 11.1 Å². The maximum Gasteiger partial charge on any atom is 0.259 e. The monoisotopic (exact) mass is 442 g/mol. The maximum atomic E-state index is 13.7. The molecule has 2 aliphatic heterocycles. The number of hydrogen-bond donors (Lipinski definition) is 2. The molecule has 3 heterocycles. The van der Waals surface area contributed by atoms with E-state index in [4.69, 9.17) is 0 Å². The molecule has 2 aromatic carbocycles. The van der Waals surface area contributed by atoms with Crippen molar-refractivity contribution in [2.24, 2.45) is 5.92 Å². The Morgan fingerprint density at radius 2 is 1.88 bits per heavy atom. The number of nitrogens with zero attached hydrogens (tertiary/aromatic N) is 3. The Balaban J connectivity index is 1.26. The van der Waals surface area contributed by atoms with Crippen molar-refractivity contribution in [1.29, 1.82) is 0 Å². The number of anilines is 1. The molecule has 6 nitrogen and oxygen atoms in total. The summed E-state index contributed by atoms with van der Waals surface area (Å²) in [6, 6.07) is 18.8. The number of carbonyl (C=O) groups is 1. The van der Waals surface area contributed by atoms with Gasteiger partial charge >= 0.3 is 0 Å². The smallest absolute Gasteiger partial charge is 0.259 e. The summed E-state index contributed by atoms with van der Waals surface area (Å²) < 4.78 is 1.99. The maximum absolute atomic E-state index is 13.7. The van der Waals surface area contributed by atoms with Gasteiger partial charge in [-0.25, -0.2) is 4.68 Å². The Morgan fingerprint density at radius 1 is 1.12 bits per heavy atom. The molecule has 1 saturated carbocycles. The Bertz CT molecular complexity index is 1200. The van der Waals surface area contributed by atoms with E-state index in [-0.39, 0.29) is 29.5 Å². The minimum Gasteiger partial charge on any atom is -0.392 e. The van der Waals surface area contributed by atoms with Crippen LogP contribution in [-0.4, -0.2) is 38.8 Å². The number of amides is 1. The average Bonchev–Trinajstić information content (AvgIpc) is 3.17. The van der Waals surface area contributed by atoms with Crippen LogP contribution in [0.2, 0.25) is 0 Å². The number of rotatable bonds is 4. The second kappa shape index (κ2) is 7.19. The average molecular weight is 443 g/mol. The Hall–Kier alpha value is -3.12. The summed E-state index contributed by atoms with van der Waals surface area (Å²) in [6.07, 6.45) is 3.77. The zero-order valence-corrected chi connectivity index (χ0v) is 19.2. The van der Waals surface area contributed by atoms with Crippen molar-refractivity contribution < 1.29 is 9.90 Å². The highest BCUT2D eigenvalue weighted by Gasteiger charge is 2.61. The van der Waals surface area contributed by atoms with E-state index >= 15 is 0 Å². The Morgan fingerprint density at radius 3 is 2.61 bits per heavy atom. The summed E-state index contributed by atoms with van der Waals surface area (Å²) in [5.41, 5.74) is 3.96. The van der Waals surface area contributed by atoms with Gasteiger partial charge in [0.1, 0.15) is 11.4 Å². The zero-order valence-electron chi connectivity index (χ0n) is 19.2. The summed E-state index contributed by atoms with van der Waals surface area (Å²) in [6.45, 7) is 5.96. The molecule has 2 unspecified atom stereocenters. The summed E-state index contributed by atoms with van der Waals surface area (Å²) in [4.78, 5) is 15.7. The molecule has 1 amide bonds. The fraction of sp³-hybridized carbons (Fsp3) is 0.407. The molecule has 1 saturated heterocycles. The molecule has 6 rings (SSSR count). The molecule has 0 bridgehead atoms. The van der Waals surface area contributed by atoms with Crippen LogP contribution < -0.4 is 5.32 Å². The van der Waals surface area contributed by atoms with Gasteiger partial charge in [0.25, 0.3) is 5.91 Å². The normalized spacial score (nSPS) is 26.9. The van der Waals surface area contributed by atoms with Gasteiger partial charge in [0.2, 0.25) is 0 Å². The first-order valence-electron chi connectivity index (χ1n) is 11.8. The SMILES string of the molecule is CC1(C)C[C@H](c2ccccc2)Nc2c(C(=O)N3CC4CC4(c4ccc(CO)cc4)C3)cnn21. The zero-order chi connectivity index (χ0) is 22.8. The highest BCUT2D eigenvalue weighted by atomic mass is 16.3. The number of piperidine rings is 1. The van der Waals surface area contributed by atoms with Gasteiger partial charge in [0.05, 0.1) is 24.4 Å². The third-order valence-electron chi connectivity index (χ3n) is 7.93. The van der Waals surface area contributed by atoms with Gasteiger partial charge < -0.3 is 15.3 Å². The molecular weight excluding hydrogens is 412 g/mol. The van der Waals surface area contributed by atoms with Crippen LogP contribution in [-0.2, 0) is 17.6 Å². The van der Waals surface area contributed by atoms with E-state index in [1.807, 2.05) is 27.8 Å². The topological polar surface area (TPSA) is 70.4 Å². The summed E-state index contributed by atoms with van der Waals surface area (Å²) >= 11 is 0. The predicted molar refractivity (Wildman–Crippen MR) is 127 cm³/mol. The lowest BCUT2D eigenvalue weighted by Gasteiger charge is -2.38. The standard InChI is InChI=1S/C27H30N4O2/c1-26(2)13-23(19-6-4-3-5-7-19)29-24-22(14-28-31(24)26)25(33)30-15-21-12-27(21,17-30)20-10-8-18(16-32)9-11-20/h3-11,14,21,23,29,32H,12-13,15-17H2,1-2H3/t21?,23-,27?/m1/s1. The molecule has 2 fully saturated rings. The third kappa shape index (κ3) is 3.19. The minimum atomic E-state index is -0.192. The van der Waals surface area contributed by atoms with Gasteiger partial charge in [-0.05, 0) is 49.3 Å². The van der Waals surface area contributed by atoms with Crippen LogP contribution in [0.1, 0.15) is 59.8 Å². The van der Waals surface area contributed by atoms with Crippen LogP contribution in [0.4, 0.5) is 5.82 Å². The third-order valence-corrected chi connectivity index (χ3v) is 7.93. The second-order valence-electron chi connectivity index (χ2n) is 10.5. The van der Waals surface area contributed by atoms with E-state index in [2.05, 4.69) is 60.7 Å². The van der Waals surface area contributed by atoms with Crippen LogP contribution >= 0.6 is 0 Å². The number of carbonyl (C=O) groups excluding carboxylic acids is 1. The van der Waals surface area contributed by atoms with Crippen molar-refractivity contribution in [2.45, 2.75) is 50.3 Å². The van der Waals surface area contributed by atoms with Gasteiger partial charge in [-0.1, -0.05) is 54.6 Å². The second-order valence-corrected chi connectivity index (χ2v) is 10.5. The molecule has 170 valence electrons. The van der Waals surface area contributed by atoms with Crippen LogP contribution in [0.15, 0.2) is 60.8 Å². The van der Waals surface area contributed by atoms with Gasteiger partial charge in [0, 0.05) is 18.5 Å². The molecule has 1 aliphatic carbocycles. The van der Waals surface area contributed by atoms with E-state index in [1.54, 1.807) is 6.20 Å². The van der Waals surface area contributed by atoms with Crippen molar-refractivity contribution in [3.05, 3.63) is 83.0 Å². The Kier molecular flexibility index (Phi) is 4.46. The van der Waals surface area contributed by atoms with E-state index < -0.39 is 0 Å². The molecule has 6 heteroatoms.